The molecule has 1 aliphatic heterocycles. The first-order valence-corrected chi connectivity index (χ1v) is 12.1. The van der Waals surface area contributed by atoms with E-state index >= 15 is 0 Å². The van der Waals surface area contributed by atoms with E-state index in [-0.39, 0.29) is 11.9 Å². The fourth-order valence-corrected chi connectivity index (χ4v) is 4.07. The first kappa shape index (κ1) is 24.3. The molecular weight excluding hydrogens is 470 g/mol. The molecule has 0 unspecified atom stereocenters. The predicted octanol–water partition coefficient (Wildman–Crippen LogP) is 4.07. The number of ether oxygens (including phenoxy) is 2. The van der Waals surface area contributed by atoms with Crippen molar-refractivity contribution < 1.29 is 14.3 Å². The third-order valence-corrected chi connectivity index (χ3v) is 5.91. The van der Waals surface area contributed by atoms with Crippen LogP contribution >= 0.6 is 0 Å². The minimum Gasteiger partial charge on any atom is -0.457 e. The summed E-state index contributed by atoms with van der Waals surface area (Å²) in [5.74, 6) is 3.07. The number of H-pyrrole nitrogens is 1. The number of anilines is 1. The predicted molar refractivity (Wildman–Crippen MR) is 141 cm³/mol. The number of carbonyl (C=O) groups excluding carboxylic acids is 1. The number of nitrogens with one attached hydrogen (secondary N) is 2. The molecule has 0 aliphatic carbocycles. The smallest absolute Gasteiger partial charge is 0.246 e. The number of nitrogens with zero attached hydrogens (tertiary/aromatic N) is 5. The lowest BCUT2D eigenvalue weighted by molar-refractivity contribution is -0.125. The number of hydrogen-bond donors (Lipinski definition) is 2. The van der Waals surface area contributed by atoms with Gasteiger partial charge in [0.1, 0.15) is 29.0 Å². The molecule has 190 valence electrons. The lowest BCUT2D eigenvalue weighted by atomic mass is 10.2. The highest BCUT2D eigenvalue weighted by atomic mass is 16.5. The summed E-state index contributed by atoms with van der Waals surface area (Å²) >= 11 is 0. The highest BCUT2D eigenvalue weighted by Gasteiger charge is 2.27. The van der Waals surface area contributed by atoms with Crippen LogP contribution in [0, 0.1) is 0 Å². The maximum Gasteiger partial charge on any atom is 0.246 e. The Balaban J connectivity index is 1.25. The number of benzene rings is 2. The highest BCUT2D eigenvalue weighted by Crippen LogP contribution is 2.33. The normalized spacial score (nSPS) is 15.5. The Morgan fingerprint density at radius 1 is 1.08 bits per heavy atom. The topological polar surface area (TPSA) is 109 Å². The number of rotatable bonds is 9. The van der Waals surface area contributed by atoms with E-state index in [1.54, 1.807) is 6.08 Å². The number of likely N-dealkylation sites (tertiary alicyclic amines) is 1. The van der Waals surface area contributed by atoms with Gasteiger partial charge in [-0.3, -0.25) is 9.89 Å². The van der Waals surface area contributed by atoms with Crippen molar-refractivity contribution >= 4 is 22.8 Å². The molecule has 4 aromatic rings. The van der Waals surface area contributed by atoms with Crippen molar-refractivity contribution in [3.8, 4) is 23.1 Å². The molecule has 10 nitrogen and oxygen atoms in total. The van der Waals surface area contributed by atoms with E-state index < -0.39 is 0 Å². The van der Waals surface area contributed by atoms with Gasteiger partial charge in [0.25, 0.3) is 0 Å². The van der Waals surface area contributed by atoms with E-state index in [2.05, 4.69) is 25.5 Å². The summed E-state index contributed by atoms with van der Waals surface area (Å²) in [6.07, 6.45) is 5.77. The molecule has 1 atom stereocenters. The molecule has 10 heteroatoms. The Labute approximate surface area is 214 Å². The van der Waals surface area contributed by atoms with Crippen LogP contribution in [0.1, 0.15) is 6.42 Å². The van der Waals surface area contributed by atoms with E-state index in [1.165, 1.54) is 6.33 Å². The van der Waals surface area contributed by atoms with Crippen LogP contribution in [0.5, 0.6) is 23.1 Å². The molecule has 2 N–H and O–H groups in total. The summed E-state index contributed by atoms with van der Waals surface area (Å²) in [5, 5.41) is 11.4. The summed E-state index contributed by atoms with van der Waals surface area (Å²) in [6.45, 7) is 2.00. The summed E-state index contributed by atoms with van der Waals surface area (Å²) < 4.78 is 12.0. The molecule has 1 fully saturated rings. The molecule has 3 heterocycles. The van der Waals surface area contributed by atoms with Gasteiger partial charge in [0.15, 0.2) is 11.5 Å². The second-order valence-electron chi connectivity index (χ2n) is 9.04. The fourth-order valence-electron chi connectivity index (χ4n) is 4.07. The first-order valence-electron chi connectivity index (χ1n) is 12.1. The van der Waals surface area contributed by atoms with Crippen LogP contribution in [0.3, 0.4) is 0 Å². The number of aromatic nitrogens is 4. The monoisotopic (exact) mass is 499 g/mol. The molecule has 1 saturated heterocycles. The van der Waals surface area contributed by atoms with Crippen molar-refractivity contribution in [1.82, 2.24) is 30.0 Å². The standard InChI is InChI=1S/C27H29N7O3/c1-33(2)15-6-9-23(35)34-16-14-19(17-34)30-26-24-25(31-32-26)28-18-29-27(24)37-22-12-10-21(11-13-22)36-20-7-4-3-5-8-20/h3-13,18-19H,14-17H2,1-2H3,(H2,28,29,30,31,32)/t19-/m1/s1. The van der Waals surface area contributed by atoms with Crippen LogP contribution < -0.4 is 14.8 Å². The van der Waals surface area contributed by atoms with Crippen LogP contribution in [0.4, 0.5) is 5.82 Å². The van der Waals surface area contributed by atoms with Gasteiger partial charge in [-0.25, -0.2) is 9.97 Å². The van der Waals surface area contributed by atoms with E-state index in [4.69, 9.17) is 9.47 Å². The number of fused-ring (bicyclic) bond motifs is 1. The first-order chi connectivity index (χ1) is 18.0. The van der Waals surface area contributed by atoms with Crippen LogP contribution in [0.25, 0.3) is 11.0 Å². The molecule has 37 heavy (non-hydrogen) atoms. The molecule has 0 saturated carbocycles. The zero-order valence-corrected chi connectivity index (χ0v) is 20.8. The third kappa shape index (κ3) is 6.04. The molecule has 0 bridgehead atoms. The van der Waals surface area contributed by atoms with E-state index in [0.717, 1.165) is 18.7 Å². The van der Waals surface area contributed by atoms with Gasteiger partial charge < -0.3 is 24.6 Å². The molecule has 5 rings (SSSR count). The van der Waals surface area contributed by atoms with Gasteiger partial charge in [0.2, 0.25) is 11.8 Å². The van der Waals surface area contributed by atoms with E-state index in [9.17, 15) is 4.79 Å². The summed E-state index contributed by atoms with van der Waals surface area (Å²) in [7, 11) is 3.94. The summed E-state index contributed by atoms with van der Waals surface area (Å²) in [4.78, 5) is 25.0. The Hall–Kier alpha value is -4.44. The van der Waals surface area contributed by atoms with Gasteiger partial charge in [0, 0.05) is 31.8 Å². The zero-order valence-electron chi connectivity index (χ0n) is 20.8. The molecule has 2 aromatic heterocycles. The van der Waals surface area contributed by atoms with Crippen LogP contribution in [-0.4, -0.2) is 75.6 Å². The Morgan fingerprint density at radius 3 is 2.57 bits per heavy atom. The lowest BCUT2D eigenvalue weighted by Gasteiger charge is -2.16. The molecule has 1 amide bonds. The van der Waals surface area contributed by atoms with E-state index in [1.807, 2.05) is 84.6 Å². The lowest BCUT2D eigenvalue weighted by Crippen LogP contribution is -2.30. The molecule has 0 radical (unpaired) electrons. The molecule has 2 aromatic carbocycles. The maximum absolute atomic E-state index is 12.5. The average molecular weight is 500 g/mol. The largest absolute Gasteiger partial charge is 0.457 e. The minimum absolute atomic E-state index is 0.0186. The summed E-state index contributed by atoms with van der Waals surface area (Å²) in [5.41, 5.74) is 0.564. The van der Waals surface area contributed by atoms with Gasteiger partial charge in [0.05, 0.1) is 0 Å². The number of likely N-dealkylation sites (N-methyl/N-ethyl adjacent to an activating group) is 1. The zero-order chi connectivity index (χ0) is 25.6. The number of carbonyl (C=O) groups is 1. The van der Waals surface area contributed by atoms with Crippen molar-refractivity contribution in [2.75, 3.05) is 39.0 Å². The molecule has 0 spiro atoms. The van der Waals surface area contributed by atoms with Crippen molar-refractivity contribution in [1.29, 1.82) is 0 Å². The van der Waals surface area contributed by atoms with Crippen LogP contribution in [0.15, 0.2) is 73.1 Å². The van der Waals surface area contributed by atoms with Gasteiger partial charge in [-0.05, 0) is 56.9 Å². The van der Waals surface area contributed by atoms with Crippen LogP contribution in [-0.2, 0) is 4.79 Å². The SMILES string of the molecule is CN(C)CC=CC(=O)N1CC[C@@H](Nc2n[nH]c3ncnc(Oc4ccc(Oc5ccccc5)cc4)c23)C1. The number of aromatic amines is 1. The van der Waals surface area contributed by atoms with Crippen molar-refractivity contribution in [3.63, 3.8) is 0 Å². The Kier molecular flexibility index (Phi) is 7.27. The maximum atomic E-state index is 12.5. The van der Waals surface area contributed by atoms with Crippen molar-refractivity contribution in [2.24, 2.45) is 0 Å². The average Bonchev–Trinajstić information content (AvgIpc) is 3.54. The van der Waals surface area contributed by atoms with Crippen molar-refractivity contribution in [3.05, 3.63) is 73.1 Å². The number of hydrogen-bond acceptors (Lipinski definition) is 8. The number of para-hydroxylation sites is 1. The second-order valence-corrected chi connectivity index (χ2v) is 9.04. The number of amides is 1. The third-order valence-electron chi connectivity index (χ3n) is 5.91. The van der Waals surface area contributed by atoms with Crippen LogP contribution in [0.2, 0.25) is 0 Å². The van der Waals surface area contributed by atoms with E-state index in [0.29, 0.717) is 47.3 Å². The highest BCUT2D eigenvalue weighted by molar-refractivity contribution is 5.92. The fraction of sp³-hybridized carbons (Fsp3) is 0.259. The Bertz CT molecular complexity index is 1370. The molecular formula is C27H29N7O3. The van der Waals surface area contributed by atoms with Gasteiger partial charge in [-0.2, -0.15) is 5.10 Å². The van der Waals surface area contributed by atoms with Crippen molar-refractivity contribution in [2.45, 2.75) is 12.5 Å². The Morgan fingerprint density at radius 2 is 1.81 bits per heavy atom. The van der Waals surface area contributed by atoms with Gasteiger partial charge in [-0.1, -0.05) is 24.3 Å². The molecule has 1 aliphatic rings. The summed E-state index contributed by atoms with van der Waals surface area (Å²) in [6, 6.07) is 17.0. The second kappa shape index (κ2) is 11.1. The minimum atomic E-state index is 0.0186. The van der Waals surface area contributed by atoms with Gasteiger partial charge in [-0.15, -0.1) is 0 Å². The quantitative estimate of drug-likeness (QED) is 0.332. The van der Waals surface area contributed by atoms with Gasteiger partial charge >= 0.3 is 0 Å².